The molecule has 0 unspecified atom stereocenters. The fraction of sp³-hybridized carbons (Fsp3) is 0.353. The maximum Gasteiger partial charge on any atom is 0.223 e. The summed E-state index contributed by atoms with van der Waals surface area (Å²) in [5.41, 5.74) is 1.01. The smallest absolute Gasteiger partial charge is 0.223 e. The predicted molar refractivity (Wildman–Crippen MR) is 93.3 cm³/mol. The number of rotatable bonds is 7. The standard InChI is InChI=1S/C17H21NO3S2/c1-3-18(13-15-5-4-11-22-15)17(19)10-12-23(20,21)16-8-6-14(2)7-9-16/h4-9,11H,3,10,12-13H2,1-2H3. The van der Waals surface area contributed by atoms with Crippen LogP contribution in [-0.2, 0) is 21.2 Å². The summed E-state index contributed by atoms with van der Waals surface area (Å²) in [7, 11) is -3.42. The van der Waals surface area contributed by atoms with Gasteiger partial charge in [0.15, 0.2) is 9.84 Å². The fourth-order valence-electron chi connectivity index (χ4n) is 2.21. The second-order valence-electron chi connectivity index (χ2n) is 5.37. The quantitative estimate of drug-likeness (QED) is 0.769. The van der Waals surface area contributed by atoms with Crippen LogP contribution in [0.2, 0.25) is 0 Å². The molecular weight excluding hydrogens is 330 g/mol. The summed E-state index contributed by atoms with van der Waals surface area (Å²) in [4.78, 5) is 15.4. The Bertz CT molecular complexity index is 735. The van der Waals surface area contributed by atoms with E-state index in [9.17, 15) is 13.2 Å². The molecule has 6 heteroatoms. The molecule has 0 spiro atoms. The normalized spacial score (nSPS) is 11.4. The van der Waals surface area contributed by atoms with Crippen LogP contribution in [0, 0.1) is 6.92 Å². The number of carbonyl (C=O) groups is 1. The van der Waals surface area contributed by atoms with E-state index in [4.69, 9.17) is 0 Å². The van der Waals surface area contributed by atoms with Crippen molar-refractivity contribution < 1.29 is 13.2 Å². The Hall–Kier alpha value is -1.66. The van der Waals surface area contributed by atoms with Crippen LogP contribution < -0.4 is 0 Å². The molecule has 124 valence electrons. The zero-order chi connectivity index (χ0) is 16.9. The van der Waals surface area contributed by atoms with Gasteiger partial charge >= 0.3 is 0 Å². The third-order valence-electron chi connectivity index (χ3n) is 3.63. The highest BCUT2D eigenvalue weighted by Crippen LogP contribution is 2.15. The summed E-state index contributed by atoms with van der Waals surface area (Å²) in [5, 5.41) is 1.97. The van der Waals surface area contributed by atoms with Gasteiger partial charge < -0.3 is 4.90 Å². The number of hydrogen-bond donors (Lipinski definition) is 0. The van der Waals surface area contributed by atoms with Crippen LogP contribution in [0.1, 0.15) is 23.8 Å². The molecule has 1 heterocycles. The molecule has 0 aliphatic heterocycles. The lowest BCUT2D eigenvalue weighted by atomic mass is 10.2. The van der Waals surface area contributed by atoms with Crippen molar-refractivity contribution in [1.82, 2.24) is 4.90 Å². The molecule has 2 rings (SSSR count). The molecule has 0 aliphatic carbocycles. The van der Waals surface area contributed by atoms with Crippen LogP contribution >= 0.6 is 11.3 Å². The lowest BCUT2D eigenvalue weighted by molar-refractivity contribution is -0.131. The fourth-order valence-corrected chi connectivity index (χ4v) is 4.16. The highest BCUT2D eigenvalue weighted by atomic mass is 32.2. The topological polar surface area (TPSA) is 54.5 Å². The molecule has 23 heavy (non-hydrogen) atoms. The molecule has 0 saturated heterocycles. The first-order chi connectivity index (χ1) is 10.9. The van der Waals surface area contributed by atoms with E-state index < -0.39 is 9.84 Å². The van der Waals surface area contributed by atoms with Crippen LogP contribution in [-0.4, -0.2) is 31.5 Å². The average molecular weight is 351 g/mol. The monoisotopic (exact) mass is 351 g/mol. The Balaban J connectivity index is 1.97. The first-order valence-electron chi connectivity index (χ1n) is 7.52. The van der Waals surface area contributed by atoms with Gasteiger partial charge in [0, 0.05) is 17.8 Å². The third-order valence-corrected chi connectivity index (χ3v) is 6.22. The van der Waals surface area contributed by atoms with Gasteiger partial charge in [-0.25, -0.2) is 8.42 Å². The minimum absolute atomic E-state index is 0.00935. The molecule has 1 aromatic heterocycles. The van der Waals surface area contributed by atoms with Gasteiger partial charge in [-0.15, -0.1) is 11.3 Å². The van der Waals surface area contributed by atoms with E-state index in [0.29, 0.717) is 13.1 Å². The van der Waals surface area contributed by atoms with Crippen molar-refractivity contribution in [2.24, 2.45) is 0 Å². The number of hydrogen-bond acceptors (Lipinski definition) is 4. The summed E-state index contributed by atoms with van der Waals surface area (Å²) in [6.07, 6.45) is 0.00935. The van der Waals surface area contributed by atoms with E-state index in [1.807, 2.05) is 31.4 Å². The Morgan fingerprint density at radius 2 is 1.87 bits per heavy atom. The Kier molecular flexibility index (Phi) is 5.96. The molecule has 0 aliphatic rings. The Morgan fingerprint density at radius 1 is 1.17 bits per heavy atom. The van der Waals surface area contributed by atoms with Crippen molar-refractivity contribution in [2.75, 3.05) is 12.3 Å². The predicted octanol–water partition coefficient (Wildman–Crippen LogP) is 3.27. The van der Waals surface area contributed by atoms with Crippen LogP contribution in [0.5, 0.6) is 0 Å². The molecule has 1 aromatic carbocycles. The maximum absolute atomic E-state index is 12.3. The number of carbonyl (C=O) groups excluding carboxylic acids is 1. The Morgan fingerprint density at radius 3 is 2.43 bits per heavy atom. The Labute approximate surface area is 141 Å². The number of aryl methyl sites for hydroxylation is 1. The maximum atomic E-state index is 12.3. The van der Waals surface area contributed by atoms with Crippen molar-refractivity contribution in [2.45, 2.75) is 31.7 Å². The van der Waals surface area contributed by atoms with Crippen molar-refractivity contribution in [3.8, 4) is 0 Å². The van der Waals surface area contributed by atoms with Crippen LogP contribution in [0.3, 0.4) is 0 Å². The van der Waals surface area contributed by atoms with Crippen molar-refractivity contribution in [3.05, 3.63) is 52.2 Å². The number of benzene rings is 1. The van der Waals surface area contributed by atoms with Gasteiger partial charge in [0.2, 0.25) is 5.91 Å². The van der Waals surface area contributed by atoms with Gasteiger partial charge in [-0.3, -0.25) is 4.79 Å². The van der Waals surface area contributed by atoms with E-state index in [-0.39, 0.29) is 23.0 Å². The summed E-state index contributed by atoms with van der Waals surface area (Å²) < 4.78 is 24.6. The minimum atomic E-state index is -3.42. The van der Waals surface area contributed by atoms with Gasteiger partial charge in [0.25, 0.3) is 0 Å². The van der Waals surface area contributed by atoms with Gasteiger partial charge in [0.1, 0.15) is 0 Å². The lowest BCUT2D eigenvalue weighted by Crippen LogP contribution is -2.31. The minimum Gasteiger partial charge on any atom is -0.338 e. The molecule has 0 saturated carbocycles. The first-order valence-corrected chi connectivity index (χ1v) is 10.0. The largest absolute Gasteiger partial charge is 0.338 e. The SMILES string of the molecule is CCN(Cc1cccs1)C(=O)CCS(=O)(=O)c1ccc(C)cc1. The number of sulfone groups is 1. The molecule has 0 radical (unpaired) electrons. The van der Waals surface area contributed by atoms with Crippen LogP contribution in [0.15, 0.2) is 46.7 Å². The van der Waals surface area contributed by atoms with E-state index in [2.05, 4.69) is 0 Å². The third kappa shape index (κ3) is 4.91. The van der Waals surface area contributed by atoms with Crippen LogP contribution in [0.4, 0.5) is 0 Å². The van der Waals surface area contributed by atoms with Gasteiger partial charge in [-0.2, -0.15) is 0 Å². The molecule has 4 nitrogen and oxygen atoms in total. The summed E-state index contributed by atoms with van der Waals surface area (Å²) in [6, 6.07) is 10.6. The molecule has 1 amide bonds. The van der Waals surface area contributed by atoms with Gasteiger partial charge in [0.05, 0.1) is 17.2 Å². The second-order valence-corrected chi connectivity index (χ2v) is 8.51. The average Bonchev–Trinajstić information content (AvgIpc) is 3.04. The van der Waals surface area contributed by atoms with Crippen LogP contribution in [0.25, 0.3) is 0 Å². The van der Waals surface area contributed by atoms with E-state index in [1.165, 1.54) is 0 Å². The zero-order valence-corrected chi connectivity index (χ0v) is 15.0. The van der Waals surface area contributed by atoms with E-state index in [1.54, 1.807) is 40.5 Å². The number of nitrogens with zero attached hydrogens (tertiary/aromatic N) is 1. The molecule has 0 N–H and O–H groups in total. The first kappa shape index (κ1) is 17.7. The molecule has 0 atom stereocenters. The summed E-state index contributed by atoms with van der Waals surface area (Å²) >= 11 is 1.59. The molecular formula is C17H21NO3S2. The van der Waals surface area contributed by atoms with Gasteiger partial charge in [-0.05, 0) is 37.4 Å². The zero-order valence-electron chi connectivity index (χ0n) is 13.4. The highest BCUT2D eigenvalue weighted by molar-refractivity contribution is 7.91. The molecule has 2 aromatic rings. The van der Waals surface area contributed by atoms with Crippen molar-refractivity contribution >= 4 is 27.1 Å². The van der Waals surface area contributed by atoms with E-state index in [0.717, 1.165) is 10.4 Å². The summed E-state index contributed by atoms with van der Waals surface area (Å²) in [5.74, 6) is -0.285. The number of amides is 1. The van der Waals surface area contributed by atoms with E-state index >= 15 is 0 Å². The van der Waals surface area contributed by atoms with Crippen molar-refractivity contribution in [3.63, 3.8) is 0 Å². The summed E-state index contributed by atoms with van der Waals surface area (Å²) in [6.45, 7) is 4.92. The molecule has 0 fully saturated rings. The number of thiophene rings is 1. The van der Waals surface area contributed by atoms with Gasteiger partial charge in [-0.1, -0.05) is 23.8 Å². The van der Waals surface area contributed by atoms with Crippen molar-refractivity contribution in [1.29, 1.82) is 0 Å². The highest BCUT2D eigenvalue weighted by Gasteiger charge is 2.19. The lowest BCUT2D eigenvalue weighted by Gasteiger charge is -2.20. The second kappa shape index (κ2) is 7.75. The molecule has 0 bridgehead atoms.